The minimum Gasteiger partial charge on any atom is -0.493 e. The summed E-state index contributed by atoms with van der Waals surface area (Å²) in [6.07, 6.45) is 4.45. The number of hydrogen-bond acceptors (Lipinski definition) is 3. The molecule has 2 aromatic rings. The molecule has 3 nitrogen and oxygen atoms in total. The summed E-state index contributed by atoms with van der Waals surface area (Å²) >= 11 is 0. The molecule has 0 aromatic heterocycles. The Balaban J connectivity index is 1.87. The van der Waals surface area contributed by atoms with Crippen LogP contribution < -0.4 is 9.47 Å². The molecule has 0 saturated heterocycles. The van der Waals surface area contributed by atoms with Crippen LogP contribution in [0.2, 0.25) is 0 Å². The summed E-state index contributed by atoms with van der Waals surface area (Å²) in [4.78, 5) is 0. The molecule has 1 heterocycles. The van der Waals surface area contributed by atoms with Crippen LogP contribution in [-0.4, -0.2) is 20.3 Å². The molecule has 4 rings (SSSR count). The molecule has 2 aromatic carbocycles. The first-order valence-electron chi connectivity index (χ1n) is 8.88. The number of rotatable bonds is 3. The van der Waals surface area contributed by atoms with Gasteiger partial charge in [-0.15, -0.1) is 0 Å². The van der Waals surface area contributed by atoms with E-state index in [1.807, 2.05) is 12.1 Å². The van der Waals surface area contributed by atoms with Gasteiger partial charge in [0.25, 0.3) is 0 Å². The van der Waals surface area contributed by atoms with Gasteiger partial charge in [-0.2, -0.15) is 0 Å². The van der Waals surface area contributed by atoms with Crippen LogP contribution in [0, 0.1) is 5.82 Å². The second kappa shape index (κ2) is 6.68. The van der Waals surface area contributed by atoms with Crippen LogP contribution in [0.25, 0.3) is 0 Å². The van der Waals surface area contributed by atoms with E-state index in [0.717, 1.165) is 29.7 Å². The van der Waals surface area contributed by atoms with E-state index in [-0.39, 0.29) is 18.0 Å². The molecule has 132 valence electrons. The molecule has 2 aliphatic rings. The van der Waals surface area contributed by atoms with Crippen molar-refractivity contribution in [3.05, 3.63) is 58.9 Å². The minimum atomic E-state index is -0.273. The number of halogens is 1. The van der Waals surface area contributed by atoms with Crippen LogP contribution in [-0.2, 0) is 4.74 Å². The minimum absolute atomic E-state index is 0.174. The fourth-order valence-corrected chi connectivity index (χ4v) is 4.25. The van der Waals surface area contributed by atoms with Crippen molar-refractivity contribution in [1.82, 2.24) is 0 Å². The first-order valence-corrected chi connectivity index (χ1v) is 8.88. The summed E-state index contributed by atoms with van der Waals surface area (Å²) in [6, 6.07) is 10.8. The third-order valence-corrected chi connectivity index (χ3v) is 5.44. The van der Waals surface area contributed by atoms with Gasteiger partial charge >= 0.3 is 0 Å². The Morgan fingerprint density at radius 1 is 0.960 bits per heavy atom. The van der Waals surface area contributed by atoms with E-state index in [0.29, 0.717) is 11.7 Å². The van der Waals surface area contributed by atoms with Gasteiger partial charge in [0.2, 0.25) is 0 Å². The Bertz CT molecular complexity index is 774. The smallest absolute Gasteiger partial charge is 0.161 e. The molecule has 0 bridgehead atoms. The maximum atomic E-state index is 13.8. The predicted molar refractivity (Wildman–Crippen MR) is 93.9 cm³/mol. The lowest BCUT2D eigenvalue weighted by atomic mass is 9.76. The molecule has 25 heavy (non-hydrogen) atoms. The number of fused-ring (bicyclic) bond motifs is 3. The van der Waals surface area contributed by atoms with E-state index in [4.69, 9.17) is 14.2 Å². The summed E-state index contributed by atoms with van der Waals surface area (Å²) in [7, 11) is 3.29. The van der Waals surface area contributed by atoms with Gasteiger partial charge in [0.05, 0.1) is 20.3 Å². The zero-order chi connectivity index (χ0) is 17.4. The third kappa shape index (κ3) is 2.89. The highest BCUT2D eigenvalue weighted by atomic mass is 19.1. The lowest BCUT2D eigenvalue weighted by molar-refractivity contribution is -0.0392. The van der Waals surface area contributed by atoms with Crippen molar-refractivity contribution in [3.8, 4) is 11.5 Å². The second-order valence-corrected chi connectivity index (χ2v) is 6.84. The fraction of sp³-hybridized carbons (Fsp3) is 0.429. The molecular formula is C21H23FO3. The monoisotopic (exact) mass is 342 g/mol. The highest BCUT2D eigenvalue weighted by molar-refractivity contribution is 5.52. The maximum Gasteiger partial charge on any atom is 0.161 e. The molecular weight excluding hydrogens is 319 g/mol. The molecule has 0 unspecified atom stereocenters. The Labute approximate surface area is 147 Å². The van der Waals surface area contributed by atoms with Crippen LogP contribution in [0.5, 0.6) is 11.5 Å². The van der Waals surface area contributed by atoms with Crippen LogP contribution in [0.4, 0.5) is 4.39 Å². The Morgan fingerprint density at radius 2 is 1.68 bits per heavy atom. The highest BCUT2D eigenvalue weighted by Crippen LogP contribution is 2.49. The average Bonchev–Trinajstić information content (AvgIpc) is 2.66. The Kier molecular flexibility index (Phi) is 4.38. The van der Waals surface area contributed by atoms with Gasteiger partial charge in [0.15, 0.2) is 11.5 Å². The highest BCUT2D eigenvalue weighted by Gasteiger charge is 2.38. The molecule has 3 atom stereocenters. The van der Waals surface area contributed by atoms with Gasteiger partial charge in [-0.1, -0.05) is 25.0 Å². The molecule has 0 spiro atoms. The summed E-state index contributed by atoms with van der Waals surface area (Å²) in [5.74, 6) is 1.55. The van der Waals surface area contributed by atoms with Crippen LogP contribution in [0.1, 0.15) is 54.4 Å². The lowest BCUT2D eigenvalue weighted by Crippen LogP contribution is -2.33. The van der Waals surface area contributed by atoms with Gasteiger partial charge in [-0.25, -0.2) is 4.39 Å². The topological polar surface area (TPSA) is 27.7 Å². The second-order valence-electron chi connectivity index (χ2n) is 6.84. The van der Waals surface area contributed by atoms with Crippen LogP contribution >= 0.6 is 0 Å². The number of benzene rings is 2. The molecule has 1 aliphatic heterocycles. The van der Waals surface area contributed by atoms with Crippen molar-refractivity contribution in [2.45, 2.75) is 43.8 Å². The van der Waals surface area contributed by atoms with Gasteiger partial charge in [0.1, 0.15) is 11.9 Å². The lowest BCUT2D eigenvalue weighted by Gasteiger charge is -2.41. The summed E-state index contributed by atoms with van der Waals surface area (Å²) in [6.45, 7) is 0. The van der Waals surface area contributed by atoms with Crippen molar-refractivity contribution in [2.24, 2.45) is 0 Å². The van der Waals surface area contributed by atoms with Crippen molar-refractivity contribution >= 4 is 0 Å². The van der Waals surface area contributed by atoms with E-state index in [1.54, 1.807) is 26.4 Å². The molecule has 0 amide bonds. The quantitative estimate of drug-likeness (QED) is 0.786. The van der Waals surface area contributed by atoms with E-state index in [2.05, 4.69) is 6.07 Å². The Morgan fingerprint density at radius 3 is 2.40 bits per heavy atom. The first kappa shape index (κ1) is 16.4. The van der Waals surface area contributed by atoms with E-state index < -0.39 is 0 Å². The van der Waals surface area contributed by atoms with Crippen molar-refractivity contribution in [3.63, 3.8) is 0 Å². The van der Waals surface area contributed by atoms with Gasteiger partial charge in [-0.3, -0.25) is 0 Å². The van der Waals surface area contributed by atoms with E-state index in [9.17, 15) is 4.39 Å². The predicted octanol–water partition coefficient (Wildman–Crippen LogP) is 4.99. The third-order valence-electron chi connectivity index (χ3n) is 5.44. The summed E-state index contributed by atoms with van der Waals surface area (Å²) in [5, 5.41) is 0. The van der Waals surface area contributed by atoms with Crippen molar-refractivity contribution < 1.29 is 18.6 Å². The van der Waals surface area contributed by atoms with E-state index >= 15 is 0 Å². The molecule has 0 N–H and O–H groups in total. The standard InChI is InChI=1S/C21H23FO3/c1-23-19-11-16-15-8-3-4-9-18(15)25-21(17(16)12-20(19)24-2)13-6-5-7-14(22)10-13/h5-7,10-12,15,18,21H,3-4,8-9H2,1-2H3/t15-,18+,21+/m1/s1. The normalized spacial score (nSPS) is 25.0. The molecule has 1 saturated carbocycles. The molecule has 0 radical (unpaired) electrons. The average molecular weight is 342 g/mol. The van der Waals surface area contributed by atoms with Gasteiger partial charge in [-0.05, 0) is 53.8 Å². The van der Waals surface area contributed by atoms with Crippen LogP contribution in [0.3, 0.4) is 0 Å². The number of hydrogen-bond donors (Lipinski definition) is 0. The number of methoxy groups -OCH3 is 2. The first-order chi connectivity index (χ1) is 12.2. The zero-order valence-electron chi connectivity index (χ0n) is 14.6. The Hall–Kier alpha value is -2.07. The number of ether oxygens (including phenoxy) is 3. The van der Waals surface area contributed by atoms with Crippen molar-refractivity contribution in [2.75, 3.05) is 14.2 Å². The van der Waals surface area contributed by atoms with Crippen molar-refractivity contribution in [1.29, 1.82) is 0 Å². The summed E-state index contributed by atoms with van der Waals surface area (Å²) < 4.78 is 31.3. The fourth-order valence-electron chi connectivity index (χ4n) is 4.25. The van der Waals surface area contributed by atoms with Gasteiger partial charge in [0, 0.05) is 5.92 Å². The molecule has 1 aliphatic carbocycles. The zero-order valence-corrected chi connectivity index (χ0v) is 14.6. The largest absolute Gasteiger partial charge is 0.493 e. The SMILES string of the molecule is COc1cc2c(cc1OC)[C@H]1CCCC[C@@H]1O[C@H]2c1cccc(F)c1. The molecule has 4 heteroatoms. The van der Waals surface area contributed by atoms with Gasteiger partial charge < -0.3 is 14.2 Å². The maximum absolute atomic E-state index is 13.8. The molecule has 1 fully saturated rings. The summed E-state index contributed by atoms with van der Waals surface area (Å²) in [5.41, 5.74) is 3.16. The van der Waals surface area contributed by atoms with E-state index in [1.165, 1.54) is 24.5 Å². The van der Waals surface area contributed by atoms with Crippen LogP contribution in [0.15, 0.2) is 36.4 Å².